The van der Waals surface area contributed by atoms with Gasteiger partial charge in [0.05, 0.1) is 23.9 Å². The lowest BCUT2D eigenvalue weighted by Crippen LogP contribution is -2.24. The summed E-state index contributed by atoms with van der Waals surface area (Å²) in [5.41, 5.74) is 7.51. The number of halogens is 1. The third kappa shape index (κ3) is 5.18. The van der Waals surface area contributed by atoms with Crippen molar-refractivity contribution in [3.63, 3.8) is 0 Å². The van der Waals surface area contributed by atoms with Gasteiger partial charge in [-0.05, 0) is 56.7 Å². The van der Waals surface area contributed by atoms with Gasteiger partial charge in [-0.25, -0.2) is 10.2 Å². The minimum atomic E-state index is -0.406. The first-order valence-electron chi connectivity index (χ1n) is 9.89. The number of rotatable bonds is 7. The van der Waals surface area contributed by atoms with Gasteiger partial charge in [0.15, 0.2) is 6.61 Å². The molecule has 3 rings (SSSR count). The van der Waals surface area contributed by atoms with E-state index in [9.17, 15) is 9.59 Å². The smallest absolute Gasteiger partial charge is 0.337 e. The van der Waals surface area contributed by atoms with Gasteiger partial charge in [0, 0.05) is 22.6 Å². The minimum absolute atomic E-state index is 0.209. The zero-order valence-corrected chi connectivity index (χ0v) is 19.1. The Kier molecular flexibility index (Phi) is 7.33. The van der Waals surface area contributed by atoms with Crippen LogP contribution in [-0.4, -0.2) is 36.4 Å². The highest BCUT2D eigenvalue weighted by Gasteiger charge is 2.14. The van der Waals surface area contributed by atoms with E-state index in [4.69, 9.17) is 21.1 Å². The first-order chi connectivity index (χ1) is 15.3. The average Bonchev–Trinajstić information content (AvgIpc) is 3.06. The summed E-state index contributed by atoms with van der Waals surface area (Å²) < 4.78 is 12.3. The van der Waals surface area contributed by atoms with E-state index in [0.717, 1.165) is 28.2 Å². The topological polar surface area (TPSA) is 81.9 Å². The highest BCUT2D eigenvalue weighted by atomic mass is 35.5. The largest absolute Gasteiger partial charge is 0.482 e. The predicted octanol–water partition coefficient (Wildman–Crippen LogP) is 4.37. The number of ether oxygens (including phenoxy) is 2. The number of esters is 1. The molecule has 32 heavy (non-hydrogen) atoms. The van der Waals surface area contributed by atoms with Crippen LogP contribution in [0.15, 0.2) is 53.6 Å². The monoisotopic (exact) mass is 453 g/mol. The maximum atomic E-state index is 12.0. The molecule has 8 heteroatoms. The summed E-state index contributed by atoms with van der Waals surface area (Å²) >= 11 is 6.01. The van der Waals surface area contributed by atoms with Gasteiger partial charge in [-0.15, -0.1) is 0 Å². The van der Waals surface area contributed by atoms with Crippen LogP contribution in [0.25, 0.3) is 5.69 Å². The summed E-state index contributed by atoms with van der Waals surface area (Å²) in [4.78, 5) is 24.0. The Morgan fingerprint density at radius 3 is 2.59 bits per heavy atom. The van der Waals surface area contributed by atoms with Gasteiger partial charge >= 0.3 is 5.97 Å². The summed E-state index contributed by atoms with van der Waals surface area (Å²) in [6, 6.07) is 14.3. The van der Waals surface area contributed by atoms with Crippen LogP contribution in [0.5, 0.6) is 5.75 Å². The molecule has 0 saturated heterocycles. The van der Waals surface area contributed by atoms with Crippen molar-refractivity contribution < 1.29 is 19.1 Å². The Labute approximate surface area is 191 Å². The lowest BCUT2D eigenvalue weighted by atomic mass is 10.1. The van der Waals surface area contributed by atoms with Crippen molar-refractivity contribution in [3.05, 3.63) is 81.6 Å². The van der Waals surface area contributed by atoms with E-state index < -0.39 is 11.9 Å². The fourth-order valence-electron chi connectivity index (χ4n) is 3.30. The highest BCUT2D eigenvalue weighted by molar-refractivity contribution is 6.32. The molecule has 0 aliphatic heterocycles. The van der Waals surface area contributed by atoms with Crippen LogP contribution in [0.4, 0.5) is 0 Å². The van der Waals surface area contributed by atoms with E-state index in [1.807, 2.05) is 37.5 Å². The van der Waals surface area contributed by atoms with Gasteiger partial charge in [-0.3, -0.25) is 4.79 Å². The summed E-state index contributed by atoms with van der Waals surface area (Å²) in [7, 11) is 1.36. The molecular formula is C24H24ClN3O4. The normalized spacial score (nSPS) is 10.9. The van der Waals surface area contributed by atoms with Gasteiger partial charge in [0.25, 0.3) is 5.91 Å². The quantitative estimate of drug-likeness (QED) is 0.327. The van der Waals surface area contributed by atoms with E-state index >= 15 is 0 Å². The van der Waals surface area contributed by atoms with E-state index in [-0.39, 0.29) is 6.61 Å². The third-order valence-electron chi connectivity index (χ3n) is 4.93. The number of carbonyl (C=O) groups is 2. The molecule has 1 amide bonds. The van der Waals surface area contributed by atoms with Gasteiger partial charge in [-0.2, -0.15) is 5.10 Å². The number of carbonyl (C=O) groups excluding carboxylic acids is 2. The van der Waals surface area contributed by atoms with Gasteiger partial charge in [-0.1, -0.05) is 29.8 Å². The summed E-state index contributed by atoms with van der Waals surface area (Å²) in [5.74, 6) is -0.366. The number of para-hydroxylation sites is 1. The maximum absolute atomic E-state index is 12.0. The van der Waals surface area contributed by atoms with Gasteiger partial charge < -0.3 is 14.0 Å². The van der Waals surface area contributed by atoms with Crippen LogP contribution in [-0.2, 0) is 9.53 Å². The van der Waals surface area contributed by atoms with Crippen molar-refractivity contribution in [2.24, 2.45) is 5.10 Å². The second-order valence-electron chi connectivity index (χ2n) is 7.17. The van der Waals surface area contributed by atoms with E-state index in [1.165, 1.54) is 7.11 Å². The number of amides is 1. The summed E-state index contributed by atoms with van der Waals surface area (Å²) in [5, 5.41) is 4.47. The summed E-state index contributed by atoms with van der Waals surface area (Å²) in [6.45, 7) is 5.67. The molecule has 2 aromatic carbocycles. The standard InChI is InChI=1S/C24H24ClN3O4/c1-15-9-10-18(24(30)31-4)12-21(15)28-16(2)11-19(17(28)3)13-26-27-23(29)14-32-22-8-6-5-7-20(22)25/h5-13H,14H2,1-4H3,(H,27,29)/b26-13-. The number of aryl methyl sites for hydroxylation is 2. The molecule has 0 radical (unpaired) electrons. The van der Waals surface area contributed by atoms with Crippen LogP contribution < -0.4 is 10.2 Å². The van der Waals surface area contributed by atoms with Crippen LogP contribution >= 0.6 is 11.6 Å². The molecule has 0 bridgehead atoms. The van der Waals surface area contributed by atoms with Crippen molar-refractivity contribution in [1.29, 1.82) is 0 Å². The SMILES string of the molecule is COC(=O)c1ccc(C)c(-n2c(C)cc(/C=N\NC(=O)COc3ccccc3Cl)c2C)c1. The Morgan fingerprint density at radius 1 is 1.12 bits per heavy atom. The molecule has 0 saturated carbocycles. The molecule has 3 aromatic rings. The van der Waals surface area contributed by atoms with Crippen molar-refractivity contribution in [1.82, 2.24) is 9.99 Å². The van der Waals surface area contributed by atoms with E-state index in [2.05, 4.69) is 10.5 Å². The van der Waals surface area contributed by atoms with Crippen molar-refractivity contribution in [2.75, 3.05) is 13.7 Å². The van der Waals surface area contributed by atoms with Gasteiger partial charge in [0.2, 0.25) is 0 Å². The number of hydrogen-bond donors (Lipinski definition) is 1. The minimum Gasteiger partial charge on any atom is -0.482 e. The lowest BCUT2D eigenvalue weighted by Gasteiger charge is -2.14. The van der Waals surface area contributed by atoms with Crippen LogP contribution in [0, 0.1) is 20.8 Å². The molecule has 1 N–H and O–H groups in total. The fraction of sp³-hybridized carbons (Fsp3) is 0.208. The number of nitrogens with zero attached hydrogens (tertiary/aromatic N) is 2. The number of hydrogen-bond acceptors (Lipinski definition) is 5. The molecule has 0 unspecified atom stereocenters. The molecule has 7 nitrogen and oxygen atoms in total. The van der Waals surface area contributed by atoms with E-state index in [1.54, 1.807) is 42.6 Å². The highest BCUT2D eigenvalue weighted by Crippen LogP contribution is 2.24. The molecule has 1 heterocycles. The second kappa shape index (κ2) is 10.2. The number of benzene rings is 2. The number of nitrogens with one attached hydrogen (secondary N) is 1. The lowest BCUT2D eigenvalue weighted by molar-refractivity contribution is -0.123. The van der Waals surface area contributed by atoms with Crippen molar-refractivity contribution in [3.8, 4) is 11.4 Å². The zero-order valence-electron chi connectivity index (χ0n) is 18.3. The molecule has 0 fully saturated rings. The predicted molar refractivity (Wildman–Crippen MR) is 124 cm³/mol. The molecule has 0 aliphatic rings. The third-order valence-corrected chi connectivity index (χ3v) is 5.24. The molecule has 166 valence electrons. The molecular weight excluding hydrogens is 430 g/mol. The second-order valence-corrected chi connectivity index (χ2v) is 7.57. The maximum Gasteiger partial charge on any atom is 0.337 e. The van der Waals surface area contributed by atoms with Gasteiger partial charge in [0.1, 0.15) is 5.75 Å². The number of methoxy groups -OCH3 is 1. The molecule has 0 aliphatic carbocycles. The Morgan fingerprint density at radius 2 is 1.88 bits per heavy atom. The summed E-state index contributed by atoms with van der Waals surface area (Å²) in [6.07, 6.45) is 1.58. The molecule has 0 spiro atoms. The Hall–Kier alpha value is -3.58. The first kappa shape index (κ1) is 23.1. The average molecular weight is 454 g/mol. The number of hydrazone groups is 1. The Bertz CT molecular complexity index is 1180. The molecule has 1 aromatic heterocycles. The van der Waals surface area contributed by atoms with Crippen LogP contribution in [0.1, 0.15) is 32.9 Å². The molecule has 0 atom stereocenters. The van der Waals surface area contributed by atoms with E-state index in [0.29, 0.717) is 16.3 Å². The van der Waals surface area contributed by atoms with Crippen molar-refractivity contribution >= 4 is 29.7 Å². The zero-order chi connectivity index (χ0) is 23.3. The van der Waals surface area contributed by atoms with Crippen LogP contribution in [0.2, 0.25) is 5.02 Å². The number of aromatic nitrogens is 1. The first-order valence-corrected chi connectivity index (χ1v) is 10.3. The Balaban J connectivity index is 1.72. The van der Waals surface area contributed by atoms with Crippen molar-refractivity contribution in [2.45, 2.75) is 20.8 Å². The van der Waals surface area contributed by atoms with Crippen LogP contribution in [0.3, 0.4) is 0 Å². The fourth-order valence-corrected chi connectivity index (χ4v) is 3.49.